The molecule has 0 aliphatic heterocycles. The van der Waals surface area contributed by atoms with Crippen molar-refractivity contribution in [2.75, 3.05) is 12.8 Å². The summed E-state index contributed by atoms with van der Waals surface area (Å²) in [5.74, 6) is 1.81. The van der Waals surface area contributed by atoms with Gasteiger partial charge in [-0.2, -0.15) is 0 Å². The molecule has 0 saturated carbocycles. The van der Waals surface area contributed by atoms with Crippen LogP contribution < -0.4 is 10.5 Å². The number of aryl methyl sites for hydroxylation is 2. The minimum absolute atomic E-state index is 0.458. The van der Waals surface area contributed by atoms with Gasteiger partial charge in [-0.1, -0.05) is 6.07 Å². The van der Waals surface area contributed by atoms with Crippen LogP contribution in [0.15, 0.2) is 18.2 Å². The molecule has 2 aromatic heterocycles. The third kappa shape index (κ3) is 1.74. The normalized spacial score (nSPS) is 11.1. The van der Waals surface area contributed by atoms with Gasteiger partial charge in [-0.15, -0.1) is 0 Å². The Morgan fingerprint density at radius 2 is 1.84 bits per heavy atom. The number of anilines is 1. The molecule has 5 nitrogen and oxygen atoms in total. The van der Waals surface area contributed by atoms with Crippen molar-refractivity contribution < 1.29 is 4.74 Å². The van der Waals surface area contributed by atoms with Gasteiger partial charge in [-0.3, -0.25) is 0 Å². The van der Waals surface area contributed by atoms with Crippen LogP contribution in [0.2, 0.25) is 0 Å². The number of rotatable bonds is 1. The zero-order valence-corrected chi connectivity index (χ0v) is 11.1. The van der Waals surface area contributed by atoms with Gasteiger partial charge in [0.2, 0.25) is 0 Å². The van der Waals surface area contributed by atoms with E-state index in [0.29, 0.717) is 17.3 Å². The summed E-state index contributed by atoms with van der Waals surface area (Å²) in [6, 6.07) is 5.89. The van der Waals surface area contributed by atoms with Crippen LogP contribution in [0.5, 0.6) is 5.75 Å². The second-order valence-electron chi connectivity index (χ2n) is 4.50. The summed E-state index contributed by atoms with van der Waals surface area (Å²) < 4.78 is 5.35. The number of hydrogen-bond donors (Lipinski definition) is 1. The third-order valence-electron chi connectivity index (χ3n) is 3.19. The third-order valence-corrected chi connectivity index (χ3v) is 3.19. The van der Waals surface area contributed by atoms with Gasteiger partial charge in [0.05, 0.1) is 12.5 Å². The Morgan fingerprint density at radius 3 is 2.58 bits per heavy atom. The lowest BCUT2D eigenvalue weighted by molar-refractivity contribution is 0.419. The predicted molar refractivity (Wildman–Crippen MR) is 75.3 cm³/mol. The topological polar surface area (TPSA) is 73.9 Å². The van der Waals surface area contributed by atoms with Crippen LogP contribution in [0.25, 0.3) is 21.9 Å². The number of methoxy groups -OCH3 is 1. The van der Waals surface area contributed by atoms with E-state index in [4.69, 9.17) is 10.5 Å². The zero-order valence-electron chi connectivity index (χ0n) is 11.1. The van der Waals surface area contributed by atoms with Gasteiger partial charge in [0, 0.05) is 5.39 Å². The molecule has 0 fully saturated rings. The largest absolute Gasteiger partial charge is 0.494 e. The maximum atomic E-state index is 5.95. The zero-order chi connectivity index (χ0) is 13.6. The van der Waals surface area contributed by atoms with Gasteiger partial charge in [-0.05, 0) is 31.5 Å². The lowest BCUT2D eigenvalue weighted by Gasteiger charge is -2.09. The molecule has 0 aliphatic rings. The maximum absolute atomic E-state index is 5.95. The maximum Gasteiger partial charge on any atom is 0.165 e. The molecule has 0 saturated heterocycles. The monoisotopic (exact) mass is 254 g/mol. The molecule has 0 bridgehead atoms. The van der Waals surface area contributed by atoms with E-state index in [1.165, 1.54) is 0 Å². The second kappa shape index (κ2) is 4.05. The molecule has 3 aromatic rings. The van der Waals surface area contributed by atoms with Crippen molar-refractivity contribution in [2.24, 2.45) is 0 Å². The lowest BCUT2D eigenvalue weighted by Crippen LogP contribution is -2.00. The highest BCUT2D eigenvalue weighted by molar-refractivity contribution is 5.99. The van der Waals surface area contributed by atoms with Gasteiger partial charge in [0.15, 0.2) is 5.65 Å². The summed E-state index contributed by atoms with van der Waals surface area (Å²) in [7, 11) is 1.63. The van der Waals surface area contributed by atoms with Crippen molar-refractivity contribution in [1.82, 2.24) is 15.0 Å². The summed E-state index contributed by atoms with van der Waals surface area (Å²) >= 11 is 0. The molecule has 3 rings (SSSR count). The molecule has 2 N–H and O–H groups in total. The molecule has 0 amide bonds. The first-order valence-electron chi connectivity index (χ1n) is 5.98. The summed E-state index contributed by atoms with van der Waals surface area (Å²) in [6.07, 6.45) is 0. The minimum Gasteiger partial charge on any atom is -0.494 e. The molecule has 0 aliphatic carbocycles. The van der Waals surface area contributed by atoms with E-state index in [1.54, 1.807) is 14.0 Å². The van der Waals surface area contributed by atoms with E-state index >= 15 is 0 Å². The van der Waals surface area contributed by atoms with Crippen LogP contribution in [-0.4, -0.2) is 22.1 Å². The van der Waals surface area contributed by atoms with Crippen molar-refractivity contribution in [2.45, 2.75) is 13.8 Å². The molecule has 1 aromatic carbocycles. The SMILES string of the molecule is COc1ccc(C)c2cc3c(N)nc(C)nc3nc12. The molecule has 5 heteroatoms. The summed E-state index contributed by atoms with van der Waals surface area (Å²) in [5.41, 5.74) is 8.46. The summed E-state index contributed by atoms with van der Waals surface area (Å²) in [5, 5.41) is 1.78. The fraction of sp³-hybridized carbons (Fsp3) is 0.214. The van der Waals surface area contributed by atoms with Crippen LogP contribution in [0, 0.1) is 13.8 Å². The first-order valence-corrected chi connectivity index (χ1v) is 5.98. The van der Waals surface area contributed by atoms with Crippen LogP contribution >= 0.6 is 0 Å². The minimum atomic E-state index is 0.458. The van der Waals surface area contributed by atoms with Crippen molar-refractivity contribution >= 4 is 27.8 Å². The standard InChI is InChI=1S/C14H14N4O/c1-7-4-5-11(19-3)12-9(7)6-10-13(15)16-8(2)17-14(10)18-12/h4-6H,1-3H3,(H2,15,16,17,18). The fourth-order valence-corrected chi connectivity index (χ4v) is 2.21. The average molecular weight is 254 g/mol. The number of fused-ring (bicyclic) bond motifs is 2. The van der Waals surface area contributed by atoms with Gasteiger partial charge in [0.1, 0.15) is 22.9 Å². The number of nitrogens with two attached hydrogens (primary N) is 1. The van der Waals surface area contributed by atoms with Crippen LogP contribution in [-0.2, 0) is 0 Å². The number of aromatic nitrogens is 3. The number of nitrogens with zero attached hydrogens (tertiary/aromatic N) is 3. The number of pyridine rings is 1. The number of ether oxygens (including phenoxy) is 1. The Bertz CT molecular complexity index is 798. The smallest absolute Gasteiger partial charge is 0.165 e. The Kier molecular flexibility index (Phi) is 2.48. The Balaban J connectivity index is 2.51. The fourth-order valence-electron chi connectivity index (χ4n) is 2.21. The predicted octanol–water partition coefficient (Wildman–Crippen LogP) is 2.39. The van der Waals surface area contributed by atoms with Crippen molar-refractivity contribution in [3.8, 4) is 5.75 Å². The Labute approximate surface area is 110 Å². The van der Waals surface area contributed by atoms with Crippen LogP contribution in [0.3, 0.4) is 0 Å². The molecular formula is C14H14N4O. The number of hydrogen-bond acceptors (Lipinski definition) is 5. The van der Waals surface area contributed by atoms with Gasteiger partial charge >= 0.3 is 0 Å². The molecule has 0 unspecified atom stereocenters. The molecule has 2 heterocycles. The van der Waals surface area contributed by atoms with Crippen LogP contribution in [0.4, 0.5) is 5.82 Å². The summed E-state index contributed by atoms with van der Waals surface area (Å²) in [4.78, 5) is 13.1. The quantitative estimate of drug-likeness (QED) is 0.675. The van der Waals surface area contributed by atoms with E-state index < -0.39 is 0 Å². The molecule has 96 valence electrons. The molecule has 0 atom stereocenters. The van der Waals surface area contributed by atoms with Gasteiger partial charge < -0.3 is 10.5 Å². The Morgan fingerprint density at radius 1 is 1.05 bits per heavy atom. The number of benzene rings is 1. The first-order chi connectivity index (χ1) is 9.10. The summed E-state index contributed by atoms with van der Waals surface area (Å²) in [6.45, 7) is 3.83. The van der Waals surface area contributed by atoms with E-state index in [0.717, 1.165) is 27.6 Å². The second-order valence-corrected chi connectivity index (χ2v) is 4.50. The van der Waals surface area contributed by atoms with E-state index in [9.17, 15) is 0 Å². The highest BCUT2D eigenvalue weighted by Crippen LogP contribution is 2.30. The first kappa shape index (κ1) is 11.6. The number of nitrogen functional groups attached to an aromatic ring is 1. The van der Waals surface area contributed by atoms with Crippen LogP contribution in [0.1, 0.15) is 11.4 Å². The highest BCUT2D eigenvalue weighted by Gasteiger charge is 2.11. The van der Waals surface area contributed by atoms with Crippen molar-refractivity contribution in [3.05, 3.63) is 29.6 Å². The Hall–Kier alpha value is -2.43. The van der Waals surface area contributed by atoms with Crippen molar-refractivity contribution in [1.29, 1.82) is 0 Å². The molecule has 0 spiro atoms. The molecular weight excluding hydrogens is 240 g/mol. The van der Waals surface area contributed by atoms with E-state index in [2.05, 4.69) is 15.0 Å². The van der Waals surface area contributed by atoms with Gasteiger partial charge in [0.25, 0.3) is 0 Å². The van der Waals surface area contributed by atoms with E-state index in [-0.39, 0.29) is 0 Å². The van der Waals surface area contributed by atoms with Crippen molar-refractivity contribution in [3.63, 3.8) is 0 Å². The molecule has 19 heavy (non-hydrogen) atoms. The van der Waals surface area contributed by atoms with Gasteiger partial charge in [-0.25, -0.2) is 15.0 Å². The molecule has 0 radical (unpaired) electrons. The van der Waals surface area contributed by atoms with E-state index in [1.807, 2.05) is 25.1 Å². The lowest BCUT2D eigenvalue weighted by atomic mass is 10.1. The highest BCUT2D eigenvalue weighted by atomic mass is 16.5. The average Bonchev–Trinajstić information content (AvgIpc) is 2.37.